The molecular formula is C32H34N4O4. The molecule has 2 aromatic carbocycles. The van der Waals surface area contributed by atoms with Crippen LogP contribution in [0.1, 0.15) is 55.4 Å². The maximum Gasteiger partial charge on any atom is 0.241 e. The van der Waals surface area contributed by atoms with Crippen molar-refractivity contribution in [2.24, 2.45) is 21.7 Å². The molecule has 0 radical (unpaired) electrons. The Labute approximate surface area is 234 Å². The predicted molar refractivity (Wildman–Crippen MR) is 153 cm³/mol. The summed E-state index contributed by atoms with van der Waals surface area (Å²) >= 11 is 0. The van der Waals surface area contributed by atoms with Crippen LogP contribution in [-0.4, -0.2) is 33.6 Å². The fraction of sp³-hybridized carbons (Fsp3) is 0.375. The number of aromatic nitrogens is 2. The van der Waals surface area contributed by atoms with Gasteiger partial charge < -0.3 is 0 Å². The van der Waals surface area contributed by atoms with Crippen molar-refractivity contribution < 1.29 is 19.2 Å². The molecule has 3 aromatic rings. The van der Waals surface area contributed by atoms with E-state index in [9.17, 15) is 19.2 Å². The zero-order chi connectivity index (χ0) is 29.4. The first kappa shape index (κ1) is 27.4. The van der Waals surface area contributed by atoms with E-state index in [2.05, 4.69) is 9.97 Å². The minimum absolute atomic E-state index is 0.0314. The molecule has 0 N–H and O–H groups in total. The van der Waals surface area contributed by atoms with Crippen LogP contribution in [0.25, 0.3) is 22.5 Å². The van der Waals surface area contributed by atoms with E-state index in [0.29, 0.717) is 5.56 Å². The number of rotatable bonds is 4. The van der Waals surface area contributed by atoms with Crippen molar-refractivity contribution in [2.45, 2.75) is 55.4 Å². The molecule has 8 heteroatoms. The van der Waals surface area contributed by atoms with Crippen LogP contribution in [0.2, 0.25) is 0 Å². The SMILES string of the molecule is CC1(C)C(=O)N(c2cc(N3C(=O)C(C)(C)C(C)(C)C3=O)nc(-c3ccc(-c4ccccc4)cc3)n2)C(=O)C1(C)C. The van der Waals surface area contributed by atoms with E-state index < -0.39 is 45.3 Å². The Hall–Kier alpha value is -4.20. The van der Waals surface area contributed by atoms with Crippen LogP contribution in [0.5, 0.6) is 0 Å². The molecule has 2 saturated heterocycles. The number of benzene rings is 2. The van der Waals surface area contributed by atoms with Gasteiger partial charge in [0.1, 0.15) is 11.6 Å². The van der Waals surface area contributed by atoms with Crippen LogP contribution in [0.15, 0.2) is 60.7 Å². The van der Waals surface area contributed by atoms with E-state index in [0.717, 1.165) is 20.9 Å². The molecule has 0 saturated carbocycles. The molecule has 0 atom stereocenters. The highest BCUT2D eigenvalue weighted by Crippen LogP contribution is 2.51. The Bertz CT molecular complexity index is 1440. The first-order chi connectivity index (χ1) is 18.5. The summed E-state index contributed by atoms with van der Waals surface area (Å²) < 4.78 is 0. The lowest BCUT2D eigenvalue weighted by Gasteiger charge is -2.28. The monoisotopic (exact) mass is 538 g/mol. The molecule has 2 aliphatic heterocycles. The van der Waals surface area contributed by atoms with Crippen molar-refractivity contribution in [2.75, 3.05) is 9.80 Å². The van der Waals surface area contributed by atoms with E-state index >= 15 is 0 Å². The van der Waals surface area contributed by atoms with Crippen LogP contribution in [0.4, 0.5) is 11.6 Å². The maximum absolute atomic E-state index is 13.6. The third kappa shape index (κ3) is 3.65. The number of hydrogen-bond acceptors (Lipinski definition) is 6. The second kappa shape index (κ2) is 8.65. The van der Waals surface area contributed by atoms with Crippen LogP contribution in [0, 0.1) is 21.7 Å². The lowest BCUT2D eigenvalue weighted by molar-refractivity contribution is -0.129. The first-order valence-corrected chi connectivity index (χ1v) is 13.4. The topological polar surface area (TPSA) is 101 Å². The molecule has 3 heterocycles. The van der Waals surface area contributed by atoms with Gasteiger partial charge in [0, 0.05) is 11.6 Å². The zero-order valence-corrected chi connectivity index (χ0v) is 24.2. The standard InChI is InChI=1S/C32H34N4O4/c1-29(2)25(37)35(26(38)30(29,3)4)22-18-23(36-27(39)31(5,6)32(7,8)28(36)40)34-24(33-22)21-16-14-20(15-17-21)19-12-10-9-11-13-19/h9-18H,1-8H3. The number of hydrogen-bond donors (Lipinski definition) is 0. The molecule has 0 aliphatic carbocycles. The molecular weight excluding hydrogens is 504 g/mol. The fourth-order valence-electron chi connectivity index (χ4n) is 5.01. The second-order valence-corrected chi connectivity index (χ2v) is 12.7. The molecule has 1 aromatic heterocycles. The number of anilines is 2. The van der Waals surface area contributed by atoms with Crippen molar-refractivity contribution in [1.29, 1.82) is 0 Å². The Kier molecular flexibility index (Phi) is 5.92. The van der Waals surface area contributed by atoms with E-state index in [1.807, 2.05) is 54.6 Å². The van der Waals surface area contributed by atoms with Crippen LogP contribution in [0.3, 0.4) is 0 Å². The molecule has 206 valence electrons. The van der Waals surface area contributed by atoms with Crippen molar-refractivity contribution in [3.05, 3.63) is 60.7 Å². The summed E-state index contributed by atoms with van der Waals surface area (Å²) in [6.07, 6.45) is 0. The summed E-state index contributed by atoms with van der Waals surface area (Å²) in [5.41, 5.74) is -1.32. The number of amides is 4. The van der Waals surface area contributed by atoms with Gasteiger partial charge in [0.05, 0.1) is 21.7 Å². The predicted octanol–water partition coefficient (Wildman–Crippen LogP) is 5.66. The maximum atomic E-state index is 13.6. The van der Waals surface area contributed by atoms with E-state index in [-0.39, 0.29) is 17.5 Å². The number of imide groups is 2. The van der Waals surface area contributed by atoms with Gasteiger partial charge in [-0.15, -0.1) is 0 Å². The summed E-state index contributed by atoms with van der Waals surface area (Å²) in [5, 5.41) is 0. The average Bonchev–Trinajstić information content (AvgIpc) is 3.12. The Balaban J connectivity index is 1.68. The Morgan fingerprint density at radius 3 is 1.18 bits per heavy atom. The van der Waals surface area contributed by atoms with Gasteiger partial charge in [-0.25, -0.2) is 19.8 Å². The largest absolute Gasteiger partial charge is 0.273 e. The van der Waals surface area contributed by atoms with Gasteiger partial charge in [-0.05, 0) is 66.5 Å². The summed E-state index contributed by atoms with van der Waals surface area (Å²) in [4.78, 5) is 65.7. The summed E-state index contributed by atoms with van der Waals surface area (Å²) in [5.74, 6) is -1.37. The third-order valence-corrected chi connectivity index (χ3v) is 9.48. The highest BCUT2D eigenvalue weighted by molar-refractivity contribution is 6.26. The Morgan fingerprint density at radius 2 is 0.800 bits per heavy atom. The summed E-state index contributed by atoms with van der Waals surface area (Å²) in [6, 6.07) is 18.8. The minimum atomic E-state index is -0.990. The summed E-state index contributed by atoms with van der Waals surface area (Å²) in [7, 11) is 0. The van der Waals surface area contributed by atoms with E-state index in [4.69, 9.17) is 0 Å². The molecule has 40 heavy (non-hydrogen) atoms. The Morgan fingerprint density at radius 1 is 0.475 bits per heavy atom. The third-order valence-electron chi connectivity index (χ3n) is 9.48. The van der Waals surface area contributed by atoms with Crippen molar-refractivity contribution in [1.82, 2.24) is 9.97 Å². The molecule has 0 unspecified atom stereocenters. The molecule has 4 amide bonds. The molecule has 8 nitrogen and oxygen atoms in total. The second-order valence-electron chi connectivity index (χ2n) is 12.7. The smallest absolute Gasteiger partial charge is 0.241 e. The van der Waals surface area contributed by atoms with Crippen molar-refractivity contribution in [3.8, 4) is 22.5 Å². The lowest BCUT2D eigenvalue weighted by Crippen LogP contribution is -2.36. The van der Waals surface area contributed by atoms with Gasteiger partial charge in [0.2, 0.25) is 23.6 Å². The molecule has 5 rings (SSSR count). The normalized spacial score (nSPS) is 20.9. The quantitative estimate of drug-likeness (QED) is 0.397. The van der Waals surface area contributed by atoms with E-state index in [1.165, 1.54) is 6.07 Å². The molecule has 0 bridgehead atoms. The van der Waals surface area contributed by atoms with Gasteiger partial charge in [0.25, 0.3) is 0 Å². The van der Waals surface area contributed by atoms with Gasteiger partial charge >= 0.3 is 0 Å². The van der Waals surface area contributed by atoms with Crippen molar-refractivity contribution >= 4 is 35.3 Å². The van der Waals surface area contributed by atoms with Crippen LogP contribution in [-0.2, 0) is 19.2 Å². The molecule has 2 aliphatic rings. The number of carbonyl (C=O) groups is 4. The van der Waals surface area contributed by atoms with Gasteiger partial charge in [-0.2, -0.15) is 0 Å². The van der Waals surface area contributed by atoms with Crippen LogP contribution >= 0.6 is 0 Å². The highest BCUT2D eigenvalue weighted by atomic mass is 16.2. The number of nitrogens with zero attached hydrogens (tertiary/aromatic N) is 4. The molecule has 2 fully saturated rings. The minimum Gasteiger partial charge on any atom is -0.273 e. The molecule has 0 spiro atoms. The van der Waals surface area contributed by atoms with Gasteiger partial charge in [-0.1, -0.05) is 54.6 Å². The fourth-order valence-corrected chi connectivity index (χ4v) is 5.01. The van der Waals surface area contributed by atoms with Gasteiger partial charge in [-0.3, -0.25) is 19.2 Å². The zero-order valence-electron chi connectivity index (χ0n) is 24.2. The van der Waals surface area contributed by atoms with Crippen LogP contribution < -0.4 is 9.80 Å². The number of carbonyl (C=O) groups excluding carboxylic acids is 4. The van der Waals surface area contributed by atoms with E-state index in [1.54, 1.807) is 55.4 Å². The first-order valence-electron chi connectivity index (χ1n) is 13.4. The summed E-state index contributed by atoms with van der Waals surface area (Å²) in [6.45, 7) is 13.9. The van der Waals surface area contributed by atoms with Crippen molar-refractivity contribution in [3.63, 3.8) is 0 Å². The van der Waals surface area contributed by atoms with Gasteiger partial charge in [0.15, 0.2) is 5.82 Å². The highest BCUT2D eigenvalue weighted by Gasteiger charge is 2.62. The lowest BCUT2D eigenvalue weighted by atomic mass is 9.70. The average molecular weight is 539 g/mol.